The summed E-state index contributed by atoms with van der Waals surface area (Å²) in [5, 5.41) is 0. The highest BCUT2D eigenvalue weighted by Gasteiger charge is 2.48. The minimum absolute atomic E-state index is 0.0657. The number of ether oxygens (including phenoxy) is 4. The zero-order valence-corrected chi connectivity index (χ0v) is 12.6. The van der Waals surface area contributed by atoms with Crippen LogP contribution in [0.25, 0.3) is 0 Å². The molecule has 0 aromatic carbocycles. The summed E-state index contributed by atoms with van der Waals surface area (Å²) in [7, 11) is 0. The summed E-state index contributed by atoms with van der Waals surface area (Å²) in [6, 6.07) is 0. The van der Waals surface area contributed by atoms with Gasteiger partial charge < -0.3 is 18.9 Å². The maximum absolute atomic E-state index is 5.99. The van der Waals surface area contributed by atoms with E-state index in [9.17, 15) is 0 Å². The van der Waals surface area contributed by atoms with Crippen LogP contribution in [-0.2, 0) is 18.9 Å². The van der Waals surface area contributed by atoms with E-state index in [0.717, 1.165) is 12.8 Å². The van der Waals surface area contributed by atoms with Gasteiger partial charge in [-0.05, 0) is 34.1 Å². The van der Waals surface area contributed by atoms with Crippen molar-refractivity contribution < 1.29 is 18.9 Å². The molecule has 0 aromatic heterocycles. The number of allylic oxidation sites excluding steroid dienone is 1. The van der Waals surface area contributed by atoms with Gasteiger partial charge >= 0.3 is 0 Å². The fourth-order valence-electron chi connectivity index (χ4n) is 2.53. The molecule has 0 spiro atoms. The minimum Gasteiger partial charge on any atom is -0.348 e. The maximum atomic E-state index is 5.99. The van der Waals surface area contributed by atoms with E-state index in [2.05, 4.69) is 19.1 Å². The number of hydrogen-bond donors (Lipinski definition) is 0. The van der Waals surface area contributed by atoms with Crippen molar-refractivity contribution in [1.29, 1.82) is 0 Å². The molecule has 4 nitrogen and oxygen atoms in total. The summed E-state index contributed by atoms with van der Waals surface area (Å²) >= 11 is 0. The van der Waals surface area contributed by atoms with Gasteiger partial charge in [0, 0.05) is 0 Å². The Hall–Kier alpha value is -0.420. The van der Waals surface area contributed by atoms with Crippen molar-refractivity contribution >= 4 is 0 Å². The van der Waals surface area contributed by atoms with Crippen LogP contribution in [0.5, 0.6) is 0 Å². The SMILES string of the molecule is CCC/C=C\[C@H]1OC(C)(C)O[C@H]1[C@H]1COC(C)(C)O1. The molecular formula is C15H26O4. The van der Waals surface area contributed by atoms with E-state index in [0.29, 0.717) is 6.61 Å². The van der Waals surface area contributed by atoms with Crippen LogP contribution in [0, 0.1) is 0 Å². The van der Waals surface area contributed by atoms with Crippen molar-refractivity contribution in [3.8, 4) is 0 Å². The van der Waals surface area contributed by atoms with E-state index in [4.69, 9.17) is 18.9 Å². The van der Waals surface area contributed by atoms with Gasteiger partial charge in [-0.25, -0.2) is 0 Å². The van der Waals surface area contributed by atoms with Gasteiger partial charge in [0.1, 0.15) is 18.3 Å². The summed E-state index contributed by atoms with van der Waals surface area (Å²) in [6.07, 6.45) is 6.19. The van der Waals surface area contributed by atoms with Crippen LogP contribution >= 0.6 is 0 Å². The lowest BCUT2D eigenvalue weighted by Crippen LogP contribution is -2.37. The van der Waals surface area contributed by atoms with E-state index in [-0.39, 0.29) is 18.3 Å². The van der Waals surface area contributed by atoms with Crippen LogP contribution < -0.4 is 0 Å². The van der Waals surface area contributed by atoms with Crippen molar-refractivity contribution in [1.82, 2.24) is 0 Å². The molecule has 2 rings (SSSR count). The molecule has 2 saturated heterocycles. The maximum Gasteiger partial charge on any atom is 0.164 e. The predicted octanol–water partition coefficient (Wildman–Crippen LogP) is 3.01. The molecular weight excluding hydrogens is 244 g/mol. The van der Waals surface area contributed by atoms with Gasteiger partial charge in [-0.1, -0.05) is 25.5 Å². The Kier molecular flexibility index (Phi) is 4.35. The highest BCUT2D eigenvalue weighted by molar-refractivity contribution is 5.01. The van der Waals surface area contributed by atoms with Crippen LogP contribution in [0.3, 0.4) is 0 Å². The Morgan fingerprint density at radius 3 is 2.37 bits per heavy atom. The molecule has 2 heterocycles. The third kappa shape index (κ3) is 3.78. The first-order valence-corrected chi connectivity index (χ1v) is 7.17. The van der Waals surface area contributed by atoms with Crippen LogP contribution in [-0.4, -0.2) is 36.5 Å². The minimum atomic E-state index is -0.567. The van der Waals surface area contributed by atoms with Crippen molar-refractivity contribution in [2.24, 2.45) is 0 Å². The average molecular weight is 270 g/mol. The topological polar surface area (TPSA) is 36.9 Å². The molecule has 0 N–H and O–H groups in total. The summed E-state index contributed by atoms with van der Waals surface area (Å²) in [6.45, 7) is 10.4. The normalized spacial score (nSPS) is 37.2. The van der Waals surface area contributed by atoms with Crippen molar-refractivity contribution in [3.05, 3.63) is 12.2 Å². The first kappa shape index (κ1) is 15.0. The molecule has 3 atom stereocenters. The molecule has 0 aromatic rings. The lowest BCUT2D eigenvalue weighted by atomic mass is 10.1. The van der Waals surface area contributed by atoms with Gasteiger partial charge in [-0.15, -0.1) is 0 Å². The fraction of sp³-hybridized carbons (Fsp3) is 0.867. The zero-order chi connectivity index (χ0) is 14.1. The molecule has 0 unspecified atom stereocenters. The van der Waals surface area contributed by atoms with E-state index in [1.165, 1.54) is 0 Å². The standard InChI is InChI=1S/C15H26O4/c1-6-7-8-9-11-13(19-15(4,5)17-11)12-10-16-14(2,3)18-12/h8-9,11-13H,6-7,10H2,1-5H3/b9-8-/t11-,12-,13-/m1/s1. The van der Waals surface area contributed by atoms with Gasteiger partial charge in [0.05, 0.1) is 6.61 Å². The molecule has 0 saturated carbocycles. The highest BCUT2D eigenvalue weighted by Crippen LogP contribution is 2.36. The van der Waals surface area contributed by atoms with E-state index in [1.807, 2.05) is 27.7 Å². The van der Waals surface area contributed by atoms with Crippen LogP contribution in [0.4, 0.5) is 0 Å². The smallest absolute Gasteiger partial charge is 0.164 e. The molecule has 2 fully saturated rings. The van der Waals surface area contributed by atoms with Crippen LogP contribution in [0.1, 0.15) is 47.5 Å². The Bertz CT molecular complexity index is 335. The third-order valence-corrected chi connectivity index (χ3v) is 3.34. The van der Waals surface area contributed by atoms with Gasteiger partial charge in [-0.3, -0.25) is 0 Å². The Morgan fingerprint density at radius 1 is 1.05 bits per heavy atom. The Morgan fingerprint density at radius 2 is 1.79 bits per heavy atom. The number of hydrogen-bond acceptors (Lipinski definition) is 4. The molecule has 19 heavy (non-hydrogen) atoms. The molecule has 2 aliphatic rings. The van der Waals surface area contributed by atoms with Crippen LogP contribution in [0.2, 0.25) is 0 Å². The monoisotopic (exact) mass is 270 g/mol. The predicted molar refractivity (Wildman–Crippen MR) is 72.8 cm³/mol. The number of rotatable bonds is 4. The Labute approximate surface area is 116 Å². The quantitative estimate of drug-likeness (QED) is 0.736. The van der Waals surface area contributed by atoms with Gasteiger partial charge in [-0.2, -0.15) is 0 Å². The summed E-state index contributed by atoms with van der Waals surface area (Å²) < 4.78 is 23.5. The van der Waals surface area contributed by atoms with Crippen molar-refractivity contribution in [3.63, 3.8) is 0 Å². The second-order valence-corrected chi connectivity index (χ2v) is 6.15. The van der Waals surface area contributed by atoms with E-state index < -0.39 is 11.6 Å². The first-order chi connectivity index (χ1) is 8.83. The van der Waals surface area contributed by atoms with E-state index >= 15 is 0 Å². The molecule has 2 aliphatic heterocycles. The summed E-state index contributed by atoms with van der Waals surface area (Å²) in [4.78, 5) is 0. The van der Waals surface area contributed by atoms with Crippen molar-refractivity contribution in [2.45, 2.75) is 77.3 Å². The lowest BCUT2D eigenvalue weighted by Gasteiger charge is -2.22. The van der Waals surface area contributed by atoms with Crippen molar-refractivity contribution in [2.75, 3.05) is 6.61 Å². The molecule has 110 valence electrons. The molecule has 0 aliphatic carbocycles. The average Bonchev–Trinajstić information content (AvgIpc) is 2.79. The second-order valence-electron chi connectivity index (χ2n) is 6.15. The molecule has 0 bridgehead atoms. The number of unbranched alkanes of at least 4 members (excludes halogenated alkanes) is 1. The summed E-state index contributed by atoms with van der Waals surface area (Å²) in [5.41, 5.74) is 0. The summed E-state index contributed by atoms with van der Waals surface area (Å²) in [5.74, 6) is -1.10. The molecule has 0 radical (unpaired) electrons. The third-order valence-electron chi connectivity index (χ3n) is 3.34. The Balaban J connectivity index is 2.04. The highest BCUT2D eigenvalue weighted by atomic mass is 16.8. The van der Waals surface area contributed by atoms with Gasteiger partial charge in [0.15, 0.2) is 11.6 Å². The van der Waals surface area contributed by atoms with Gasteiger partial charge in [0.25, 0.3) is 0 Å². The van der Waals surface area contributed by atoms with E-state index in [1.54, 1.807) is 0 Å². The molecule has 4 heteroatoms. The largest absolute Gasteiger partial charge is 0.348 e. The van der Waals surface area contributed by atoms with Crippen LogP contribution in [0.15, 0.2) is 12.2 Å². The second kappa shape index (κ2) is 5.52. The molecule has 0 amide bonds. The lowest BCUT2D eigenvalue weighted by molar-refractivity contribution is -0.174. The zero-order valence-electron chi connectivity index (χ0n) is 12.6. The first-order valence-electron chi connectivity index (χ1n) is 7.17. The van der Waals surface area contributed by atoms with Gasteiger partial charge in [0.2, 0.25) is 0 Å². The fourth-order valence-corrected chi connectivity index (χ4v) is 2.53.